The molecule has 2 saturated carbocycles. The highest BCUT2D eigenvalue weighted by Gasteiger charge is 2.31. The fraction of sp³-hybridized carbons (Fsp3) is 1.00. The summed E-state index contributed by atoms with van der Waals surface area (Å²) in [6.07, 6.45) is 10.5. The van der Waals surface area contributed by atoms with Gasteiger partial charge in [0.1, 0.15) is 0 Å². The molecule has 4 atom stereocenters. The van der Waals surface area contributed by atoms with E-state index in [0.717, 1.165) is 24.3 Å². The molecule has 2 heteroatoms. The Morgan fingerprint density at radius 3 is 2.50 bits per heavy atom. The van der Waals surface area contributed by atoms with E-state index in [0.29, 0.717) is 6.04 Å². The molecule has 2 rings (SSSR count). The maximum atomic E-state index is 3.74. The second-order valence-electron chi connectivity index (χ2n) is 7.06. The third-order valence-corrected chi connectivity index (χ3v) is 5.04. The van der Waals surface area contributed by atoms with Gasteiger partial charge in [-0.3, -0.25) is 0 Å². The smallest absolute Gasteiger partial charge is 0.0166 e. The van der Waals surface area contributed by atoms with E-state index in [4.69, 9.17) is 0 Å². The Labute approximate surface area is 114 Å². The predicted molar refractivity (Wildman–Crippen MR) is 78.8 cm³/mol. The molecule has 2 fully saturated rings. The molecule has 18 heavy (non-hydrogen) atoms. The van der Waals surface area contributed by atoms with Crippen molar-refractivity contribution in [2.75, 3.05) is 27.2 Å². The molecule has 0 heterocycles. The number of hydrogen-bond acceptors (Lipinski definition) is 2. The summed E-state index contributed by atoms with van der Waals surface area (Å²) in [5.74, 6) is 3.12. The Balaban J connectivity index is 1.68. The molecule has 0 aromatic heterocycles. The van der Waals surface area contributed by atoms with Gasteiger partial charge in [-0.05, 0) is 64.6 Å². The average Bonchev–Trinajstić information content (AvgIpc) is 2.35. The summed E-state index contributed by atoms with van der Waals surface area (Å²) in [6.45, 7) is 4.71. The van der Waals surface area contributed by atoms with E-state index in [1.54, 1.807) is 0 Å². The van der Waals surface area contributed by atoms with Crippen molar-refractivity contribution in [2.45, 2.75) is 57.9 Å². The Morgan fingerprint density at radius 2 is 1.78 bits per heavy atom. The molecule has 0 aromatic carbocycles. The van der Waals surface area contributed by atoms with Crippen LogP contribution in [0.5, 0.6) is 0 Å². The molecule has 0 saturated heterocycles. The van der Waals surface area contributed by atoms with Crippen LogP contribution >= 0.6 is 0 Å². The first-order chi connectivity index (χ1) is 8.65. The minimum absolute atomic E-state index is 0.629. The van der Waals surface area contributed by atoms with Crippen LogP contribution in [0.1, 0.15) is 51.9 Å². The third kappa shape index (κ3) is 4.24. The Morgan fingerprint density at radius 1 is 1.06 bits per heavy atom. The predicted octanol–water partition coefficient (Wildman–Crippen LogP) is 3.13. The van der Waals surface area contributed by atoms with E-state index in [1.165, 1.54) is 51.5 Å². The molecule has 0 aromatic rings. The number of rotatable bonds is 5. The number of likely N-dealkylation sites (N-methyl/N-ethyl adjacent to an activating group) is 1. The van der Waals surface area contributed by atoms with Crippen LogP contribution in [0.3, 0.4) is 0 Å². The molecule has 1 N–H and O–H groups in total. The zero-order valence-corrected chi connectivity index (χ0v) is 12.6. The lowest BCUT2D eigenvalue weighted by Gasteiger charge is -2.39. The summed E-state index contributed by atoms with van der Waals surface area (Å²) in [5, 5.41) is 3.74. The van der Waals surface area contributed by atoms with E-state index in [-0.39, 0.29) is 0 Å². The Kier molecular flexibility index (Phi) is 5.50. The first kappa shape index (κ1) is 14.3. The third-order valence-electron chi connectivity index (χ3n) is 5.04. The fourth-order valence-corrected chi connectivity index (χ4v) is 4.14. The van der Waals surface area contributed by atoms with Gasteiger partial charge in [0, 0.05) is 12.6 Å². The van der Waals surface area contributed by atoms with Crippen molar-refractivity contribution in [3.05, 3.63) is 0 Å². The summed E-state index contributed by atoms with van der Waals surface area (Å²) >= 11 is 0. The first-order valence-corrected chi connectivity index (χ1v) is 8.03. The molecule has 2 aliphatic rings. The van der Waals surface area contributed by atoms with Crippen LogP contribution in [0.15, 0.2) is 0 Å². The largest absolute Gasteiger partial charge is 0.313 e. The fourth-order valence-electron chi connectivity index (χ4n) is 4.14. The highest BCUT2D eigenvalue weighted by molar-refractivity contribution is 4.84. The summed E-state index contributed by atoms with van der Waals surface area (Å²) in [7, 11) is 4.32. The van der Waals surface area contributed by atoms with Gasteiger partial charge in [0.15, 0.2) is 0 Å². The maximum absolute atomic E-state index is 3.74. The molecule has 0 bridgehead atoms. The van der Waals surface area contributed by atoms with Crippen LogP contribution in [-0.2, 0) is 0 Å². The number of nitrogens with one attached hydrogen (secondary N) is 1. The lowest BCUT2D eigenvalue weighted by atomic mass is 9.67. The number of fused-ring (bicyclic) bond motifs is 1. The lowest BCUT2D eigenvalue weighted by Crippen LogP contribution is -2.40. The molecule has 0 radical (unpaired) electrons. The zero-order chi connectivity index (χ0) is 13.0. The normalized spacial score (nSPS) is 34.3. The highest BCUT2D eigenvalue weighted by Crippen LogP contribution is 2.42. The Bertz CT molecular complexity index is 239. The quantitative estimate of drug-likeness (QED) is 0.809. The van der Waals surface area contributed by atoms with Gasteiger partial charge >= 0.3 is 0 Å². The summed E-state index contributed by atoms with van der Waals surface area (Å²) < 4.78 is 0. The van der Waals surface area contributed by atoms with Crippen LogP contribution < -0.4 is 5.32 Å². The minimum atomic E-state index is 0.629. The molecule has 2 aliphatic carbocycles. The van der Waals surface area contributed by atoms with Crippen LogP contribution in [0.2, 0.25) is 0 Å². The second-order valence-corrected chi connectivity index (χ2v) is 7.06. The Hall–Kier alpha value is -0.0800. The molecule has 4 unspecified atom stereocenters. The maximum Gasteiger partial charge on any atom is 0.0166 e. The standard InChI is InChI=1S/C16H32N2/c1-13(12-18(2)3)17-11-14-8-9-15-6-4-5-7-16(15)10-14/h13-17H,4-12H2,1-3H3. The van der Waals surface area contributed by atoms with E-state index in [2.05, 4.69) is 31.2 Å². The molecule has 2 nitrogen and oxygen atoms in total. The van der Waals surface area contributed by atoms with Crippen molar-refractivity contribution in [1.82, 2.24) is 10.2 Å². The minimum Gasteiger partial charge on any atom is -0.313 e. The van der Waals surface area contributed by atoms with Crippen molar-refractivity contribution in [1.29, 1.82) is 0 Å². The van der Waals surface area contributed by atoms with Gasteiger partial charge in [-0.15, -0.1) is 0 Å². The van der Waals surface area contributed by atoms with E-state index < -0.39 is 0 Å². The number of nitrogens with zero attached hydrogens (tertiary/aromatic N) is 1. The molecule has 0 spiro atoms. The van der Waals surface area contributed by atoms with Gasteiger partial charge in [-0.25, -0.2) is 0 Å². The van der Waals surface area contributed by atoms with Crippen molar-refractivity contribution in [3.8, 4) is 0 Å². The van der Waals surface area contributed by atoms with Crippen LogP contribution in [0.4, 0.5) is 0 Å². The van der Waals surface area contributed by atoms with Crippen molar-refractivity contribution >= 4 is 0 Å². The van der Waals surface area contributed by atoms with Crippen molar-refractivity contribution in [3.63, 3.8) is 0 Å². The van der Waals surface area contributed by atoms with E-state index in [9.17, 15) is 0 Å². The van der Waals surface area contributed by atoms with Gasteiger partial charge in [-0.1, -0.05) is 25.7 Å². The molecular weight excluding hydrogens is 220 g/mol. The zero-order valence-electron chi connectivity index (χ0n) is 12.6. The van der Waals surface area contributed by atoms with Crippen molar-refractivity contribution < 1.29 is 0 Å². The van der Waals surface area contributed by atoms with Gasteiger partial charge in [-0.2, -0.15) is 0 Å². The lowest BCUT2D eigenvalue weighted by molar-refractivity contribution is 0.127. The highest BCUT2D eigenvalue weighted by atomic mass is 15.1. The van der Waals surface area contributed by atoms with E-state index >= 15 is 0 Å². The van der Waals surface area contributed by atoms with Crippen LogP contribution in [0.25, 0.3) is 0 Å². The summed E-state index contributed by atoms with van der Waals surface area (Å²) in [5.41, 5.74) is 0. The molecule has 0 aliphatic heterocycles. The molecule has 0 amide bonds. The van der Waals surface area contributed by atoms with Crippen molar-refractivity contribution in [2.24, 2.45) is 17.8 Å². The summed E-state index contributed by atoms with van der Waals surface area (Å²) in [6, 6.07) is 0.629. The van der Waals surface area contributed by atoms with E-state index in [1.807, 2.05) is 0 Å². The topological polar surface area (TPSA) is 15.3 Å². The van der Waals surface area contributed by atoms with Gasteiger partial charge in [0.25, 0.3) is 0 Å². The molecular formula is C16H32N2. The first-order valence-electron chi connectivity index (χ1n) is 8.03. The van der Waals surface area contributed by atoms with Gasteiger partial charge < -0.3 is 10.2 Å². The van der Waals surface area contributed by atoms with Gasteiger partial charge in [0.2, 0.25) is 0 Å². The number of hydrogen-bond donors (Lipinski definition) is 1. The van der Waals surface area contributed by atoms with Crippen LogP contribution in [0, 0.1) is 17.8 Å². The summed E-state index contributed by atoms with van der Waals surface area (Å²) in [4.78, 5) is 2.27. The second kappa shape index (κ2) is 6.91. The van der Waals surface area contributed by atoms with Gasteiger partial charge in [0.05, 0.1) is 0 Å². The SMILES string of the molecule is CC(CN(C)C)NCC1CCC2CCCCC2C1. The monoisotopic (exact) mass is 252 g/mol. The van der Waals surface area contributed by atoms with Crippen LogP contribution in [-0.4, -0.2) is 38.1 Å². The molecule has 106 valence electrons. The average molecular weight is 252 g/mol.